The van der Waals surface area contributed by atoms with Gasteiger partial charge in [-0.3, -0.25) is 0 Å². The highest BCUT2D eigenvalue weighted by atomic mass is 32.2. The Labute approximate surface area is 135 Å². The summed E-state index contributed by atoms with van der Waals surface area (Å²) in [6, 6.07) is 13.5. The lowest BCUT2D eigenvalue weighted by Gasteiger charge is -2.37. The molecular formula is C16H19NO3S2. The summed E-state index contributed by atoms with van der Waals surface area (Å²) in [4.78, 5) is 0. The molecule has 3 rings (SSSR count). The number of sulfonamides is 1. The van der Waals surface area contributed by atoms with Crippen molar-refractivity contribution in [1.82, 2.24) is 4.72 Å². The van der Waals surface area contributed by atoms with E-state index in [1.165, 1.54) is 16.9 Å². The quantitative estimate of drug-likeness (QED) is 0.913. The van der Waals surface area contributed by atoms with Crippen LogP contribution in [0.15, 0.2) is 52.1 Å². The van der Waals surface area contributed by atoms with Crippen molar-refractivity contribution in [2.24, 2.45) is 0 Å². The largest absolute Gasteiger partial charge is 0.381 e. The fourth-order valence-corrected chi connectivity index (χ4v) is 5.01. The highest BCUT2D eigenvalue weighted by Gasteiger charge is 2.35. The Balaban J connectivity index is 1.83. The number of hydrogen-bond acceptors (Lipinski definition) is 4. The van der Waals surface area contributed by atoms with Crippen LogP contribution in [0.1, 0.15) is 18.4 Å². The zero-order valence-electron chi connectivity index (χ0n) is 12.2. The number of rotatable bonds is 5. The summed E-state index contributed by atoms with van der Waals surface area (Å²) < 4.78 is 33.4. The molecule has 4 nitrogen and oxygen atoms in total. The zero-order chi connectivity index (χ0) is 15.5. The van der Waals surface area contributed by atoms with Gasteiger partial charge in [0.1, 0.15) is 4.21 Å². The van der Waals surface area contributed by atoms with E-state index < -0.39 is 10.0 Å². The first-order valence-corrected chi connectivity index (χ1v) is 9.65. The summed E-state index contributed by atoms with van der Waals surface area (Å²) in [7, 11) is -3.43. The Bertz CT molecular complexity index is 690. The summed E-state index contributed by atoms with van der Waals surface area (Å²) >= 11 is 1.24. The van der Waals surface area contributed by atoms with Crippen LogP contribution in [0.5, 0.6) is 0 Å². The summed E-state index contributed by atoms with van der Waals surface area (Å²) in [5.74, 6) is 0. The minimum Gasteiger partial charge on any atom is -0.381 e. The molecule has 1 aliphatic heterocycles. The van der Waals surface area contributed by atoms with Crippen LogP contribution in [0, 0.1) is 0 Å². The Morgan fingerprint density at radius 2 is 1.82 bits per heavy atom. The predicted molar refractivity (Wildman–Crippen MR) is 87.7 cm³/mol. The Kier molecular flexibility index (Phi) is 4.63. The van der Waals surface area contributed by atoms with Crippen molar-refractivity contribution in [3.63, 3.8) is 0 Å². The molecule has 2 aromatic rings. The molecule has 2 heterocycles. The fourth-order valence-electron chi connectivity index (χ4n) is 2.84. The van der Waals surface area contributed by atoms with Crippen molar-refractivity contribution in [3.05, 3.63) is 53.4 Å². The van der Waals surface area contributed by atoms with E-state index >= 15 is 0 Å². The van der Waals surface area contributed by atoms with E-state index in [1.807, 2.05) is 18.2 Å². The number of hydrogen-bond donors (Lipinski definition) is 1. The molecule has 118 valence electrons. The van der Waals surface area contributed by atoms with Gasteiger partial charge in [0.2, 0.25) is 10.0 Å². The maximum absolute atomic E-state index is 12.4. The molecular weight excluding hydrogens is 318 g/mol. The standard InChI is InChI=1S/C16H19NO3S2/c18-22(19,15-7-4-12-21-15)17-13-16(8-10-20-11-9-16)14-5-2-1-3-6-14/h1-7,12,17H,8-11,13H2. The lowest BCUT2D eigenvalue weighted by atomic mass is 9.74. The molecule has 1 fully saturated rings. The van der Waals surface area contributed by atoms with Crippen LogP contribution >= 0.6 is 11.3 Å². The minimum atomic E-state index is -3.43. The summed E-state index contributed by atoms with van der Waals surface area (Å²) in [5.41, 5.74) is 0.983. The topological polar surface area (TPSA) is 55.4 Å². The van der Waals surface area contributed by atoms with E-state index in [4.69, 9.17) is 4.74 Å². The molecule has 0 spiro atoms. The van der Waals surface area contributed by atoms with Gasteiger partial charge in [0.15, 0.2) is 0 Å². The number of benzene rings is 1. The fraction of sp³-hybridized carbons (Fsp3) is 0.375. The molecule has 0 saturated carbocycles. The van der Waals surface area contributed by atoms with Crippen LogP contribution in [0.3, 0.4) is 0 Å². The molecule has 1 aromatic carbocycles. The van der Waals surface area contributed by atoms with Gasteiger partial charge in [0, 0.05) is 25.2 Å². The second-order valence-electron chi connectivity index (χ2n) is 5.52. The van der Waals surface area contributed by atoms with E-state index in [0.29, 0.717) is 24.0 Å². The van der Waals surface area contributed by atoms with Gasteiger partial charge < -0.3 is 4.74 Å². The Hall–Kier alpha value is -1.21. The maximum Gasteiger partial charge on any atom is 0.250 e. The van der Waals surface area contributed by atoms with Crippen LogP contribution in [-0.4, -0.2) is 28.2 Å². The Morgan fingerprint density at radius 3 is 2.45 bits per heavy atom. The van der Waals surface area contributed by atoms with Crippen molar-refractivity contribution in [1.29, 1.82) is 0 Å². The number of nitrogens with one attached hydrogen (secondary N) is 1. The van der Waals surface area contributed by atoms with Crippen molar-refractivity contribution in [3.8, 4) is 0 Å². The number of thiophene rings is 1. The third-order valence-corrected chi connectivity index (χ3v) is 7.00. The first-order chi connectivity index (χ1) is 10.6. The normalized spacial score (nSPS) is 18.2. The molecule has 0 radical (unpaired) electrons. The minimum absolute atomic E-state index is 0.191. The summed E-state index contributed by atoms with van der Waals surface area (Å²) in [6.07, 6.45) is 1.65. The third-order valence-electron chi connectivity index (χ3n) is 4.20. The van der Waals surface area contributed by atoms with Crippen LogP contribution in [0.25, 0.3) is 0 Å². The second-order valence-corrected chi connectivity index (χ2v) is 8.46. The molecule has 0 aliphatic carbocycles. The van der Waals surface area contributed by atoms with Crippen LogP contribution in [-0.2, 0) is 20.2 Å². The predicted octanol–water partition coefficient (Wildman–Crippen LogP) is 2.77. The molecule has 22 heavy (non-hydrogen) atoms. The molecule has 6 heteroatoms. The van der Waals surface area contributed by atoms with E-state index in [-0.39, 0.29) is 5.41 Å². The van der Waals surface area contributed by atoms with Crippen molar-refractivity contribution in [2.75, 3.05) is 19.8 Å². The number of ether oxygens (including phenoxy) is 1. The van der Waals surface area contributed by atoms with E-state index in [0.717, 1.165) is 12.8 Å². The van der Waals surface area contributed by atoms with Gasteiger partial charge in [-0.2, -0.15) is 0 Å². The SMILES string of the molecule is O=S(=O)(NCC1(c2ccccc2)CCOCC1)c1cccs1. The first-order valence-electron chi connectivity index (χ1n) is 7.29. The van der Waals surface area contributed by atoms with Gasteiger partial charge in [0.25, 0.3) is 0 Å². The second kappa shape index (κ2) is 6.50. The van der Waals surface area contributed by atoms with Gasteiger partial charge in [-0.25, -0.2) is 13.1 Å². The molecule has 0 amide bonds. The molecule has 1 N–H and O–H groups in total. The molecule has 1 aromatic heterocycles. The average molecular weight is 337 g/mol. The highest BCUT2D eigenvalue weighted by molar-refractivity contribution is 7.91. The smallest absolute Gasteiger partial charge is 0.250 e. The van der Waals surface area contributed by atoms with Crippen LogP contribution in [0.4, 0.5) is 0 Å². The lowest BCUT2D eigenvalue weighted by Crippen LogP contribution is -2.44. The third kappa shape index (κ3) is 3.25. The highest BCUT2D eigenvalue weighted by Crippen LogP contribution is 2.34. The van der Waals surface area contributed by atoms with E-state index in [1.54, 1.807) is 17.5 Å². The van der Waals surface area contributed by atoms with Crippen LogP contribution in [0.2, 0.25) is 0 Å². The summed E-state index contributed by atoms with van der Waals surface area (Å²) in [6.45, 7) is 1.73. The average Bonchev–Trinajstić information content (AvgIpc) is 3.10. The van der Waals surface area contributed by atoms with Crippen molar-refractivity contribution >= 4 is 21.4 Å². The molecule has 0 atom stereocenters. The van der Waals surface area contributed by atoms with Gasteiger partial charge in [0.05, 0.1) is 0 Å². The van der Waals surface area contributed by atoms with Gasteiger partial charge in [-0.05, 0) is 29.9 Å². The van der Waals surface area contributed by atoms with Crippen molar-refractivity contribution in [2.45, 2.75) is 22.5 Å². The Morgan fingerprint density at radius 1 is 1.09 bits per heavy atom. The first kappa shape index (κ1) is 15.7. The monoisotopic (exact) mass is 337 g/mol. The summed E-state index contributed by atoms with van der Waals surface area (Å²) in [5, 5.41) is 1.77. The van der Waals surface area contributed by atoms with Crippen molar-refractivity contribution < 1.29 is 13.2 Å². The van der Waals surface area contributed by atoms with Gasteiger partial charge in [-0.15, -0.1) is 11.3 Å². The van der Waals surface area contributed by atoms with Crippen LogP contribution < -0.4 is 4.72 Å². The molecule has 0 bridgehead atoms. The zero-order valence-corrected chi connectivity index (χ0v) is 13.8. The van der Waals surface area contributed by atoms with Gasteiger partial charge >= 0.3 is 0 Å². The molecule has 1 saturated heterocycles. The van der Waals surface area contributed by atoms with E-state index in [2.05, 4.69) is 16.9 Å². The molecule has 1 aliphatic rings. The molecule has 0 unspecified atom stereocenters. The maximum atomic E-state index is 12.4. The lowest BCUT2D eigenvalue weighted by molar-refractivity contribution is 0.0517. The van der Waals surface area contributed by atoms with E-state index in [9.17, 15) is 8.42 Å². The van der Waals surface area contributed by atoms with Gasteiger partial charge in [-0.1, -0.05) is 36.4 Å².